The Morgan fingerprint density at radius 2 is 1.52 bits per heavy atom. The molecular weight excluding hydrogens is 348 g/mol. The highest BCUT2D eigenvalue weighted by atomic mass is 16.6. The predicted molar refractivity (Wildman–Crippen MR) is 105 cm³/mol. The summed E-state index contributed by atoms with van der Waals surface area (Å²) in [6.07, 6.45) is 2.27. The zero-order valence-corrected chi connectivity index (χ0v) is 16.6. The van der Waals surface area contributed by atoms with Crippen molar-refractivity contribution in [3.63, 3.8) is 0 Å². The lowest BCUT2D eigenvalue weighted by Gasteiger charge is -2.20. The molecule has 7 nitrogen and oxygen atoms in total. The van der Waals surface area contributed by atoms with Crippen molar-refractivity contribution in [3.05, 3.63) is 24.3 Å². The summed E-state index contributed by atoms with van der Waals surface area (Å²) in [5.74, 6) is -0.353. The number of ether oxygens (including phenoxy) is 2. The molecule has 0 aromatic heterocycles. The molecule has 0 aliphatic heterocycles. The van der Waals surface area contributed by atoms with Crippen LogP contribution < -0.4 is 10.6 Å². The van der Waals surface area contributed by atoms with E-state index in [0.717, 1.165) is 6.42 Å². The first-order valence-corrected chi connectivity index (χ1v) is 9.25. The van der Waals surface area contributed by atoms with Crippen LogP contribution in [0.15, 0.2) is 24.3 Å². The first kappa shape index (κ1) is 22.5. The summed E-state index contributed by atoms with van der Waals surface area (Å²) in [6, 6.07) is 6.94. The predicted octanol–water partition coefficient (Wildman–Crippen LogP) is 4.49. The van der Waals surface area contributed by atoms with E-state index in [1.807, 2.05) is 0 Å². The standard InChI is InChI=1S/C20H30N2O5/c1-5-26-18(24)14-8-6-7-13-17(23)21-15-11-9-10-12-16(15)22-19(25)27-20(2,3)4/h9-12H,5-8,13-14H2,1-4H3,(H,21,23)(H,22,25). The number of rotatable bonds is 9. The van der Waals surface area contributed by atoms with Gasteiger partial charge < -0.3 is 14.8 Å². The summed E-state index contributed by atoms with van der Waals surface area (Å²) in [7, 11) is 0. The minimum atomic E-state index is -0.605. The van der Waals surface area contributed by atoms with Crippen LogP contribution in [-0.4, -0.2) is 30.2 Å². The van der Waals surface area contributed by atoms with E-state index in [4.69, 9.17) is 9.47 Å². The van der Waals surface area contributed by atoms with Gasteiger partial charge in [0.15, 0.2) is 0 Å². The molecule has 0 aliphatic rings. The van der Waals surface area contributed by atoms with Crippen LogP contribution in [0.3, 0.4) is 0 Å². The van der Waals surface area contributed by atoms with Gasteiger partial charge in [-0.1, -0.05) is 18.6 Å². The van der Waals surface area contributed by atoms with Crippen LogP contribution in [0, 0.1) is 0 Å². The summed E-state index contributed by atoms with van der Waals surface area (Å²) in [5.41, 5.74) is 0.383. The Labute approximate surface area is 160 Å². The molecule has 0 saturated carbocycles. The molecule has 2 N–H and O–H groups in total. The quantitative estimate of drug-likeness (QED) is 0.488. The maximum atomic E-state index is 12.1. The minimum absolute atomic E-state index is 0.149. The van der Waals surface area contributed by atoms with Crippen LogP contribution in [0.1, 0.15) is 59.8 Å². The molecule has 0 aliphatic carbocycles. The van der Waals surface area contributed by atoms with E-state index in [0.29, 0.717) is 43.7 Å². The number of amides is 2. The van der Waals surface area contributed by atoms with Crippen molar-refractivity contribution in [2.45, 2.75) is 65.4 Å². The van der Waals surface area contributed by atoms with Crippen LogP contribution in [0.2, 0.25) is 0 Å². The number of esters is 1. The molecule has 0 heterocycles. The number of unbranched alkanes of at least 4 members (excludes halogenated alkanes) is 2. The average Bonchev–Trinajstić information content (AvgIpc) is 2.55. The topological polar surface area (TPSA) is 93.7 Å². The lowest BCUT2D eigenvalue weighted by atomic mass is 10.1. The second-order valence-electron chi connectivity index (χ2n) is 7.09. The summed E-state index contributed by atoms with van der Waals surface area (Å²) < 4.78 is 10.1. The molecule has 7 heteroatoms. The third-order valence-corrected chi connectivity index (χ3v) is 3.43. The van der Waals surface area contributed by atoms with Gasteiger partial charge in [0.05, 0.1) is 18.0 Å². The number of nitrogens with one attached hydrogen (secondary N) is 2. The monoisotopic (exact) mass is 378 g/mol. The molecule has 0 bridgehead atoms. The molecule has 0 spiro atoms. The molecule has 1 aromatic rings. The smallest absolute Gasteiger partial charge is 0.412 e. The molecular formula is C20H30N2O5. The van der Waals surface area contributed by atoms with Gasteiger partial charge in [-0.25, -0.2) is 4.79 Å². The fraction of sp³-hybridized carbons (Fsp3) is 0.550. The number of anilines is 2. The van der Waals surface area contributed by atoms with E-state index in [2.05, 4.69) is 10.6 Å². The molecule has 0 atom stereocenters. The molecule has 1 aromatic carbocycles. The van der Waals surface area contributed by atoms with Crippen molar-refractivity contribution in [2.75, 3.05) is 17.2 Å². The van der Waals surface area contributed by atoms with Gasteiger partial charge in [0.1, 0.15) is 5.60 Å². The number of benzene rings is 1. The Bertz CT molecular complexity index is 638. The number of para-hydroxylation sites is 2. The Morgan fingerprint density at radius 3 is 2.11 bits per heavy atom. The van der Waals surface area contributed by atoms with Crippen molar-refractivity contribution >= 4 is 29.3 Å². The van der Waals surface area contributed by atoms with Gasteiger partial charge in [0.25, 0.3) is 0 Å². The highest BCUT2D eigenvalue weighted by Crippen LogP contribution is 2.22. The van der Waals surface area contributed by atoms with Crippen molar-refractivity contribution in [1.29, 1.82) is 0 Å². The lowest BCUT2D eigenvalue weighted by Crippen LogP contribution is -2.27. The average molecular weight is 378 g/mol. The fourth-order valence-corrected chi connectivity index (χ4v) is 2.29. The molecule has 0 radical (unpaired) electrons. The number of carbonyl (C=O) groups excluding carboxylic acids is 3. The van der Waals surface area contributed by atoms with Crippen molar-refractivity contribution in [3.8, 4) is 0 Å². The molecule has 2 amide bonds. The van der Waals surface area contributed by atoms with E-state index < -0.39 is 11.7 Å². The molecule has 27 heavy (non-hydrogen) atoms. The molecule has 1 rings (SSSR count). The second-order valence-corrected chi connectivity index (χ2v) is 7.09. The van der Waals surface area contributed by atoms with Crippen LogP contribution in [0.25, 0.3) is 0 Å². The van der Waals surface area contributed by atoms with Crippen molar-refractivity contribution in [1.82, 2.24) is 0 Å². The first-order valence-electron chi connectivity index (χ1n) is 9.25. The van der Waals surface area contributed by atoms with Crippen LogP contribution in [0.4, 0.5) is 16.2 Å². The maximum Gasteiger partial charge on any atom is 0.412 e. The molecule has 0 fully saturated rings. The van der Waals surface area contributed by atoms with Crippen molar-refractivity contribution in [2.24, 2.45) is 0 Å². The maximum absolute atomic E-state index is 12.1. The Hall–Kier alpha value is -2.57. The summed E-state index contributed by atoms with van der Waals surface area (Å²) in [4.78, 5) is 35.3. The zero-order valence-electron chi connectivity index (χ0n) is 16.6. The highest BCUT2D eigenvalue weighted by Gasteiger charge is 2.17. The van der Waals surface area contributed by atoms with Gasteiger partial charge >= 0.3 is 12.1 Å². The van der Waals surface area contributed by atoms with E-state index in [9.17, 15) is 14.4 Å². The normalized spacial score (nSPS) is 10.8. The van der Waals surface area contributed by atoms with Gasteiger partial charge in [-0.05, 0) is 52.7 Å². The van der Waals surface area contributed by atoms with E-state index in [1.54, 1.807) is 52.0 Å². The van der Waals surface area contributed by atoms with Gasteiger partial charge in [-0.2, -0.15) is 0 Å². The largest absolute Gasteiger partial charge is 0.466 e. The van der Waals surface area contributed by atoms with Gasteiger partial charge in [-0.15, -0.1) is 0 Å². The minimum Gasteiger partial charge on any atom is -0.466 e. The van der Waals surface area contributed by atoms with Gasteiger partial charge in [0, 0.05) is 12.8 Å². The molecule has 0 unspecified atom stereocenters. The van der Waals surface area contributed by atoms with Gasteiger partial charge in [0.2, 0.25) is 5.91 Å². The molecule has 150 valence electrons. The first-order chi connectivity index (χ1) is 12.7. The number of carbonyl (C=O) groups is 3. The summed E-state index contributed by atoms with van der Waals surface area (Å²) >= 11 is 0. The fourth-order valence-electron chi connectivity index (χ4n) is 2.29. The Morgan fingerprint density at radius 1 is 0.926 bits per heavy atom. The molecule has 0 saturated heterocycles. The van der Waals surface area contributed by atoms with E-state index in [1.165, 1.54) is 0 Å². The highest BCUT2D eigenvalue weighted by molar-refractivity contribution is 5.97. The summed E-state index contributed by atoms with van der Waals surface area (Å²) in [5, 5.41) is 5.44. The van der Waals surface area contributed by atoms with E-state index >= 15 is 0 Å². The third kappa shape index (κ3) is 10.2. The lowest BCUT2D eigenvalue weighted by molar-refractivity contribution is -0.143. The van der Waals surface area contributed by atoms with Crippen LogP contribution in [0.5, 0.6) is 0 Å². The van der Waals surface area contributed by atoms with Gasteiger partial charge in [-0.3, -0.25) is 14.9 Å². The van der Waals surface area contributed by atoms with E-state index in [-0.39, 0.29) is 11.9 Å². The SMILES string of the molecule is CCOC(=O)CCCCCC(=O)Nc1ccccc1NC(=O)OC(C)(C)C. The zero-order chi connectivity index (χ0) is 20.3. The number of hydrogen-bond acceptors (Lipinski definition) is 5. The Balaban J connectivity index is 2.44. The Kier molecular flexibility index (Phi) is 9.33. The van der Waals surface area contributed by atoms with Crippen molar-refractivity contribution < 1.29 is 23.9 Å². The third-order valence-electron chi connectivity index (χ3n) is 3.43. The van der Waals surface area contributed by atoms with Crippen LogP contribution in [-0.2, 0) is 19.1 Å². The number of hydrogen-bond donors (Lipinski definition) is 2. The summed E-state index contributed by atoms with van der Waals surface area (Å²) in [6.45, 7) is 7.50. The second kappa shape index (κ2) is 11.2. The van der Waals surface area contributed by atoms with Crippen LogP contribution >= 0.6 is 0 Å².